The molecule has 0 heterocycles. The Labute approximate surface area is 208 Å². The summed E-state index contributed by atoms with van der Waals surface area (Å²) in [6.45, 7) is 2.60. The second kappa shape index (κ2) is 16.0. The van der Waals surface area contributed by atoms with Gasteiger partial charge in [0.05, 0.1) is 29.3 Å². The Kier molecular flexibility index (Phi) is 13.0. The zero-order valence-corrected chi connectivity index (χ0v) is 20.9. The molecular weight excluding hydrogens is 450 g/mol. The number of anilines is 1. The maximum atomic E-state index is 12.4. The Morgan fingerprint density at radius 3 is 2.06 bits per heavy atom. The molecule has 5 nitrogen and oxygen atoms in total. The van der Waals surface area contributed by atoms with Gasteiger partial charge >= 0.3 is 5.97 Å². The summed E-state index contributed by atoms with van der Waals surface area (Å²) in [6, 6.07) is 13.2. The molecule has 2 rings (SSSR count). The number of amides is 1. The lowest BCUT2D eigenvalue weighted by Crippen LogP contribution is -2.17. The van der Waals surface area contributed by atoms with Crippen molar-refractivity contribution in [2.24, 2.45) is 0 Å². The maximum Gasteiger partial charge on any atom is 0.338 e. The van der Waals surface area contributed by atoms with Crippen molar-refractivity contribution in [3.63, 3.8) is 0 Å². The van der Waals surface area contributed by atoms with Crippen LogP contribution in [-0.4, -0.2) is 24.3 Å². The fourth-order valence-electron chi connectivity index (χ4n) is 3.65. The van der Waals surface area contributed by atoms with Gasteiger partial charge in [-0.3, -0.25) is 9.59 Å². The maximum absolute atomic E-state index is 12.4. The monoisotopic (exact) mass is 485 g/mol. The van der Waals surface area contributed by atoms with Crippen LogP contribution in [0, 0.1) is 0 Å². The lowest BCUT2D eigenvalue weighted by atomic mass is 10.1. The second-order valence-electron chi connectivity index (χ2n) is 8.53. The summed E-state index contributed by atoms with van der Waals surface area (Å²) >= 11 is 6.17. The van der Waals surface area contributed by atoms with Crippen LogP contribution in [-0.2, 0) is 9.53 Å². The molecule has 0 spiro atoms. The number of nitrogens with one attached hydrogen (secondary N) is 1. The molecule has 1 N–H and O–H groups in total. The van der Waals surface area contributed by atoms with E-state index in [1.165, 1.54) is 57.1 Å². The van der Waals surface area contributed by atoms with Gasteiger partial charge in [0.25, 0.3) is 0 Å². The summed E-state index contributed by atoms with van der Waals surface area (Å²) in [4.78, 5) is 36.9. The molecule has 2 aromatic rings. The van der Waals surface area contributed by atoms with Gasteiger partial charge in [0.15, 0.2) is 5.78 Å². The van der Waals surface area contributed by atoms with Crippen LogP contribution >= 0.6 is 11.6 Å². The second-order valence-corrected chi connectivity index (χ2v) is 8.93. The number of rotatable bonds is 16. The van der Waals surface area contributed by atoms with Gasteiger partial charge in [-0.2, -0.15) is 0 Å². The third-order valence-electron chi connectivity index (χ3n) is 5.62. The molecule has 0 saturated heterocycles. The van der Waals surface area contributed by atoms with Gasteiger partial charge in [-0.05, 0) is 24.6 Å². The third kappa shape index (κ3) is 10.5. The van der Waals surface area contributed by atoms with Gasteiger partial charge < -0.3 is 10.1 Å². The van der Waals surface area contributed by atoms with Crippen LogP contribution in [0.1, 0.15) is 98.3 Å². The summed E-state index contributed by atoms with van der Waals surface area (Å²) in [5, 5.41) is 2.90. The van der Waals surface area contributed by atoms with E-state index in [1.807, 2.05) is 0 Å². The quantitative estimate of drug-likeness (QED) is 0.115. The molecule has 0 unspecified atom stereocenters. The number of hydrogen-bond donors (Lipinski definition) is 1. The van der Waals surface area contributed by atoms with Crippen LogP contribution in [0.25, 0.3) is 0 Å². The van der Waals surface area contributed by atoms with Gasteiger partial charge in [0.2, 0.25) is 5.91 Å². The highest BCUT2D eigenvalue weighted by Gasteiger charge is 2.15. The van der Waals surface area contributed by atoms with E-state index in [0.29, 0.717) is 17.7 Å². The fourth-order valence-corrected chi connectivity index (χ4v) is 3.82. The van der Waals surface area contributed by atoms with Crippen LogP contribution in [0.15, 0.2) is 48.5 Å². The minimum Gasteiger partial charge on any atom is -0.462 e. The van der Waals surface area contributed by atoms with E-state index in [0.717, 1.165) is 19.3 Å². The van der Waals surface area contributed by atoms with Crippen molar-refractivity contribution in [1.82, 2.24) is 0 Å². The van der Waals surface area contributed by atoms with Crippen molar-refractivity contribution >= 4 is 34.9 Å². The van der Waals surface area contributed by atoms with Crippen molar-refractivity contribution in [1.29, 1.82) is 0 Å². The average Bonchev–Trinajstić information content (AvgIpc) is 2.84. The van der Waals surface area contributed by atoms with Crippen molar-refractivity contribution in [3.05, 3.63) is 64.7 Å². The molecule has 0 aromatic heterocycles. The first-order chi connectivity index (χ1) is 16.5. The number of halogens is 1. The van der Waals surface area contributed by atoms with E-state index in [2.05, 4.69) is 12.2 Å². The molecule has 0 fully saturated rings. The standard InChI is InChI=1S/C28H36ClNO4/c1-2-3-4-5-6-7-8-9-10-14-19-34-28(33)23-17-18-24(29)25(20-23)30-27(32)21-26(31)22-15-12-11-13-16-22/h11-13,15-18,20H,2-10,14,19,21H2,1H3,(H,30,32). The number of carbonyl (C=O) groups is 3. The van der Waals surface area contributed by atoms with Gasteiger partial charge in [-0.25, -0.2) is 4.79 Å². The lowest BCUT2D eigenvalue weighted by Gasteiger charge is -2.10. The lowest BCUT2D eigenvalue weighted by molar-refractivity contribution is -0.115. The smallest absolute Gasteiger partial charge is 0.338 e. The van der Waals surface area contributed by atoms with Crippen LogP contribution in [0.4, 0.5) is 5.69 Å². The number of unbranched alkanes of at least 4 members (excludes halogenated alkanes) is 9. The molecule has 0 bridgehead atoms. The highest BCUT2D eigenvalue weighted by molar-refractivity contribution is 6.34. The zero-order valence-electron chi connectivity index (χ0n) is 20.1. The Morgan fingerprint density at radius 2 is 1.41 bits per heavy atom. The third-order valence-corrected chi connectivity index (χ3v) is 5.95. The van der Waals surface area contributed by atoms with Gasteiger partial charge in [0.1, 0.15) is 0 Å². The number of ketones is 1. The van der Waals surface area contributed by atoms with Crippen molar-refractivity contribution < 1.29 is 19.1 Å². The van der Waals surface area contributed by atoms with E-state index >= 15 is 0 Å². The van der Waals surface area contributed by atoms with Crippen LogP contribution in [0.3, 0.4) is 0 Å². The molecule has 0 saturated carbocycles. The van der Waals surface area contributed by atoms with E-state index in [1.54, 1.807) is 36.4 Å². The summed E-state index contributed by atoms with van der Waals surface area (Å²) < 4.78 is 5.37. The fraction of sp³-hybridized carbons (Fsp3) is 0.464. The normalized spacial score (nSPS) is 10.6. The summed E-state index contributed by atoms with van der Waals surface area (Å²) in [6.07, 6.45) is 11.8. The summed E-state index contributed by atoms with van der Waals surface area (Å²) in [5.74, 6) is -1.24. The molecule has 0 radical (unpaired) electrons. The van der Waals surface area contributed by atoms with Gasteiger partial charge in [0, 0.05) is 5.56 Å². The molecule has 6 heteroatoms. The summed E-state index contributed by atoms with van der Waals surface area (Å²) in [5.41, 5.74) is 1.05. The minimum atomic E-state index is -0.494. The number of Topliss-reactive ketones (excluding diaryl/α,β-unsaturated/α-hetero) is 1. The van der Waals surface area contributed by atoms with Crippen molar-refractivity contribution in [3.8, 4) is 0 Å². The molecule has 34 heavy (non-hydrogen) atoms. The Balaban J connectivity index is 1.70. The first-order valence-corrected chi connectivity index (χ1v) is 12.7. The van der Waals surface area contributed by atoms with E-state index in [4.69, 9.17) is 16.3 Å². The SMILES string of the molecule is CCCCCCCCCCCCOC(=O)c1ccc(Cl)c(NC(=O)CC(=O)c2ccccc2)c1. The first kappa shape index (κ1) is 27.6. The van der Waals surface area contributed by atoms with Crippen LogP contribution in [0.2, 0.25) is 5.02 Å². The number of esters is 1. The largest absolute Gasteiger partial charge is 0.462 e. The molecule has 0 aliphatic rings. The highest BCUT2D eigenvalue weighted by Crippen LogP contribution is 2.24. The minimum absolute atomic E-state index is 0.279. The van der Waals surface area contributed by atoms with E-state index < -0.39 is 11.9 Å². The number of benzene rings is 2. The van der Waals surface area contributed by atoms with Crippen LogP contribution in [0.5, 0.6) is 0 Å². The highest BCUT2D eigenvalue weighted by atomic mass is 35.5. The Morgan fingerprint density at radius 1 is 0.794 bits per heavy atom. The Hall–Kier alpha value is -2.66. The number of ether oxygens (including phenoxy) is 1. The number of carbonyl (C=O) groups excluding carboxylic acids is 3. The molecule has 0 aliphatic heterocycles. The van der Waals surface area contributed by atoms with Crippen molar-refractivity contribution in [2.45, 2.75) is 77.6 Å². The molecule has 1 amide bonds. The molecule has 0 aliphatic carbocycles. The zero-order chi connectivity index (χ0) is 24.6. The number of hydrogen-bond acceptors (Lipinski definition) is 4. The molecule has 2 aromatic carbocycles. The predicted octanol–water partition coefficient (Wildman–Crippen LogP) is 7.63. The molecular formula is C28H36ClNO4. The first-order valence-electron chi connectivity index (χ1n) is 12.4. The van der Waals surface area contributed by atoms with Crippen molar-refractivity contribution in [2.75, 3.05) is 11.9 Å². The average molecular weight is 486 g/mol. The van der Waals surface area contributed by atoms with Gasteiger partial charge in [-0.1, -0.05) is 107 Å². The summed E-state index contributed by atoms with van der Waals surface area (Å²) in [7, 11) is 0. The van der Waals surface area contributed by atoms with Crippen LogP contribution < -0.4 is 5.32 Å². The van der Waals surface area contributed by atoms with E-state index in [-0.39, 0.29) is 22.9 Å². The predicted molar refractivity (Wildman–Crippen MR) is 138 cm³/mol. The van der Waals surface area contributed by atoms with Gasteiger partial charge in [-0.15, -0.1) is 0 Å². The molecule has 184 valence electrons. The Bertz CT molecular complexity index is 914. The molecule has 0 atom stereocenters. The van der Waals surface area contributed by atoms with E-state index in [9.17, 15) is 14.4 Å². The topological polar surface area (TPSA) is 72.5 Å².